The van der Waals surface area contributed by atoms with Gasteiger partial charge in [0.25, 0.3) is 0 Å². The van der Waals surface area contributed by atoms with Crippen molar-refractivity contribution in [2.24, 2.45) is 17.2 Å². The number of benzene rings is 2. The van der Waals surface area contributed by atoms with Crippen molar-refractivity contribution in [3.8, 4) is 0 Å². The number of hydrogen-bond acceptors (Lipinski definition) is 2. The van der Waals surface area contributed by atoms with E-state index in [9.17, 15) is 0 Å². The molecule has 0 heterocycles. The lowest BCUT2D eigenvalue weighted by molar-refractivity contribution is 0.196. The van der Waals surface area contributed by atoms with Crippen molar-refractivity contribution >= 4 is 10.8 Å². The van der Waals surface area contributed by atoms with Crippen molar-refractivity contribution in [2.45, 2.75) is 45.6 Å². The lowest BCUT2D eigenvalue weighted by atomic mass is 9.76. The molecule has 1 aliphatic carbocycles. The van der Waals surface area contributed by atoms with Gasteiger partial charge in [0.15, 0.2) is 0 Å². The van der Waals surface area contributed by atoms with E-state index in [1.54, 1.807) is 0 Å². The molecule has 0 aromatic heterocycles. The lowest BCUT2D eigenvalue weighted by Gasteiger charge is -2.34. The number of fused-ring (bicyclic) bond motifs is 1. The Kier molecular flexibility index (Phi) is 4.01. The molecule has 0 radical (unpaired) electrons. The van der Waals surface area contributed by atoms with Crippen LogP contribution in [0.25, 0.3) is 10.8 Å². The van der Waals surface area contributed by atoms with Gasteiger partial charge in [0, 0.05) is 6.04 Å². The van der Waals surface area contributed by atoms with Crippen LogP contribution in [0.4, 0.5) is 0 Å². The summed E-state index contributed by atoms with van der Waals surface area (Å²) in [5.74, 6) is 6.57. The zero-order valence-electron chi connectivity index (χ0n) is 13.1. The summed E-state index contributed by atoms with van der Waals surface area (Å²) in [4.78, 5) is 0. The van der Waals surface area contributed by atoms with E-state index >= 15 is 0 Å². The maximum absolute atomic E-state index is 5.92. The second-order valence-electron chi connectivity index (χ2n) is 7.10. The molecule has 2 nitrogen and oxygen atoms in total. The molecule has 1 saturated carbocycles. The van der Waals surface area contributed by atoms with Crippen LogP contribution in [0.15, 0.2) is 42.5 Å². The van der Waals surface area contributed by atoms with Crippen molar-refractivity contribution in [1.82, 2.24) is 5.43 Å². The molecule has 1 aliphatic rings. The molecule has 0 bridgehead atoms. The molecule has 0 aliphatic heterocycles. The molecule has 2 aromatic carbocycles. The summed E-state index contributed by atoms with van der Waals surface area (Å²) < 4.78 is 0. The van der Waals surface area contributed by atoms with E-state index in [0.717, 1.165) is 6.42 Å². The van der Waals surface area contributed by atoms with Crippen LogP contribution in [0.3, 0.4) is 0 Å². The largest absolute Gasteiger partial charge is 0.271 e. The fourth-order valence-electron chi connectivity index (χ4n) is 4.12. The van der Waals surface area contributed by atoms with Crippen molar-refractivity contribution < 1.29 is 0 Å². The predicted molar refractivity (Wildman–Crippen MR) is 89.9 cm³/mol. The summed E-state index contributed by atoms with van der Waals surface area (Å²) in [6.07, 6.45) is 4.93. The molecule has 2 aromatic rings. The number of hydrazine groups is 1. The van der Waals surface area contributed by atoms with Crippen molar-refractivity contribution in [1.29, 1.82) is 0 Å². The predicted octanol–water partition coefficient (Wildman–Crippen LogP) is 4.04. The van der Waals surface area contributed by atoms with E-state index < -0.39 is 0 Å². The minimum atomic E-state index is 0.355. The van der Waals surface area contributed by atoms with E-state index in [2.05, 4.69) is 61.7 Å². The van der Waals surface area contributed by atoms with Crippen LogP contribution < -0.4 is 11.3 Å². The maximum Gasteiger partial charge on any atom is 0.0284 e. The molecule has 21 heavy (non-hydrogen) atoms. The highest BCUT2D eigenvalue weighted by Crippen LogP contribution is 2.45. The van der Waals surface area contributed by atoms with Crippen molar-refractivity contribution in [2.75, 3.05) is 0 Å². The van der Waals surface area contributed by atoms with Gasteiger partial charge >= 0.3 is 0 Å². The van der Waals surface area contributed by atoms with Crippen LogP contribution in [-0.2, 0) is 6.42 Å². The van der Waals surface area contributed by atoms with E-state index in [4.69, 9.17) is 5.84 Å². The van der Waals surface area contributed by atoms with E-state index in [-0.39, 0.29) is 0 Å². The molecule has 0 amide bonds. The quantitative estimate of drug-likeness (QED) is 0.656. The molecule has 2 unspecified atom stereocenters. The van der Waals surface area contributed by atoms with Crippen LogP contribution in [-0.4, -0.2) is 6.04 Å². The smallest absolute Gasteiger partial charge is 0.0284 e. The van der Waals surface area contributed by atoms with E-state index in [1.165, 1.54) is 35.6 Å². The molecular formula is C19H26N2. The summed E-state index contributed by atoms with van der Waals surface area (Å²) >= 11 is 0. The van der Waals surface area contributed by atoms with Gasteiger partial charge in [-0.2, -0.15) is 0 Å². The highest BCUT2D eigenvalue weighted by atomic mass is 15.2. The third-order valence-electron chi connectivity index (χ3n) is 5.36. The summed E-state index contributed by atoms with van der Waals surface area (Å²) in [7, 11) is 0. The number of rotatable bonds is 4. The second-order valence-corrected chi connectivity index (χ2v) is 7.10. The Morgan fingerprint density at radius 2 is 1.95 bits per heavy atom. The minimum Gasteiger partial charge on any atom is -0.271 e. The third kappa shape index (κ3) is 2.83. The average Bonchev–Trinajstić information content (AvgIpc) is 2.84. The fraction of sp³-hybridized carbons (Fsp3) is 0.474. The Hall–Kier alpha value is -1.38. The monoisotopic (exact) mass is 282 g/mol. The first-order chi connectivity index (χ1) is 10.1. The Morgan fingerprint density at radius 3 is 2.67 bits per heavy atom. The topological polar surface area (TPSA) is 38.0 Å². The highest BCUT2D eigenvalue weighted by molar-refractivity contribution is 5.85. The lowest BCUT2D eigenvalue weighted by Crippen LogP contribution is -2.45. The van der Waals surface area contributed by atoms with E-state index in [1.807, 2.05) is 0 Å². The third-order valence-corrected chi connectivity index (χ3v) is 5.36. The molecular weight excluding hydrogens is 256 g/mol. The van der Waals surface area contributed by atoms with Gasteiger partial charge in [0.2, 0.25) is 0 Å². The fourth-order valence-corrected chi connectivity index (χ4v) is 4.12. The molecule has 3 N–H and O–H groups in total. The van der Waals surface area contributed by atoms with Gasteiger partial charge in [-0.3, -0.25) is 11.3 Å². The Balaban J connectivity index is 1.89. The van der Waals surface area contributed by atoms with E-state index in [0.29, 0.717) is 17.4 Å². The van der Waals surface area contributed by atoms with Crippen LogP contribution in [0.5, 0.6) is 0 Å². The zero-order chi connectivity index (χ0) is 14.9. The van der Waals surface area contributed by atoms with Crippen LogP contribution in [0.2, 0.25) is 0 Å². The number of nitrogens with two attached hydrogens (primary N) is 1. The first kappa shape index (κ1) is 14.6. The summed E-state index contributed by atoms with van der Waals surface area (Å²) in [5.41, 5.74) is 4.90. The highest BCUT2D eigenvalue weighted by Gasteiger charge is 2.39. The van der Waals surface area contributed by atoms with Gasteiger partial charge in [0.1, 0.15) is 0 Å². The molecule has 2 atom stereocenters. The van der Waals surface area contributed by atoms with Crippen molar-refractivity contribution in [3.63, 3.8) is 0 Å². The Labute approximate surface area is 127 Å². The molecule has 1 fully saturated rings. The molecule has 0 saturated heterocycles. The normalized spacial score (nSPS) is 22.5. The summed E-state index contributed by atoms with van der Waals surface area (Å²) in [6.45, 7) is 4.77. The van der Waals surface area contributed by atoms with Crippen LogP contribution in [0, 0.1) is 11.3 Å². The maximum atomic E-state index is 5.92. The number of nitrogens with one attached hydrogen (secondary N) is 1. The Bertz CT molecular complexity index is 612. The summed E-state index contributed by atoms with van der Waals surface area (Å²) in [5, 5.41) is 2.67. The zero-order valence-corrected chi connectivity index (χ0v) is 13.1. The molecule has 112 valence electrons. The molecule has 0 spiro atoms. The molecule has 2 heteroatoms. The average molecular weight is 282 g/mol. The second kappa shape index (κ2) is 5.78. The van der Waals surface area contributed by atoms with Gasteiger partial charge < -0.3 is 0 Å². The summed E-state index contributed by atoms with van der Waals surface area (Å²) in [6, 6.07) is 15.6. The first-order valence-electron chi connectivity index (χ1n) is 8.04. The van der Waals surface area contributed by atoms with Gasteiger partial charge in [0.05, 0.1) is 0 Å². The minimum absolute atomic E-state index is 0.355. The van der Waals surface area contributed by atoms with Crippen LogP contribution >= 0.6 is 0 Å². The Morgan fingerprint density at radius 1 is 1.19 bits per heavy atom. The SMILES string of the molecule is CC1(C)CCCC1C(Cc1cccc2ccccc12)NN. The van der Waals surface area contributed by atoms with Crippen molar-refractivity contribution in [3.05, 3.63) is 48.0 Å². The number of hydrogen-bond donors (Lipinski definition) is 2. The van der Waals surface area contributed by atoms with Gasteiger partial charge in [-0.1, -0.05) is 62.7 Å². The molecule has 3 rings (SSSR count). The standard InChI is InChI=1S/C19H26N2/c1-19(2)12-6-11-17(19)18(21-20)13-15-9-5-8-14-7-3-4-10-16(14)15/h3-5,7-10,17-18,21H,6,11-13,20H2,1-2H3. The first-order valence-corrected chi connectivity index (χ1v) is 8.04. The van der Waals surface area contributed by atoms with Gasteiger partial charge in [-0.15, -0.1) is 0 Å². The van der Waals surface area contributed by atoms with Gasteiger partial charge in [-0.05, 0) is 46.9 Å². The van der Waals surface area contributed by atoms with Crippen LogP contribution in [0.1, 0.15) is 38.7 Å². The van der Waals surface area contributed by atoms with Gasteiger partial charge in [-0.25, -0.2) is 0 Å².